The highest BCUT2D eigenvalue weighted by Gasteiger charge is 1.54. The molecule has 30 valence electrons. The molecular weight excluding hydrogens is 87.5 g/mol. The molecule has 0 unspecified atom stereocenters. The van der Waals surface area contributed by atoms with E-state index >= 15 is 0 Å². The maximum Gasteiger partial charge on any atom is 0.134 e. The highest BCUT2D eigenvalue weighted by atomic mass is 35.5. The van der Waals surface area contributed by atoms with Crippen LogP contribution in [0.25, 0.3) is 0 Å². The van der Waals surface area contributed by atoms with Gasteiger partial charge in [0.1, 0.15) is 6.00 Å². The Bertz CT molecular complexity index is 34.6. The van der Waals surface area contributed by atoms with Crippen LogP contribution >= 0.6 is 11.6 Å². The van der Waals surface area contributed by atoms with E-state index < -0.39 is 0 Å². The monoisotopic (exact) mass is 92.0 g/mol. The van der Waals surface area contributed by atoms with Gasteiger partial charge in [-0.15, -0.1) is 0 Å². The molecule has 0 radical (unpaired) electrons. The van der Waals surface area contributed by atoms with Gasteiger partial charge in [-0.2, -0.15) is 10.2 Å². The summed E-state index contributed by atoms with van der Waals surface area (Å²) in [5.74, 6) is 0. The Kier molecular flexibility index (Phi) is 3.80. The van der Waals surface area contributed by atoms with Crippen LogP contribution in [0.4, 0.5) is 0 Å². The zero-order valence-corrected chi connectivity index (χ0v) is 3.74. The molecule has 0 aliphatic carbocycles. The second kappa shape index (κ2) is 3.89. The molecule has 0 aromatic rings. The standard InChI is InChI=1S/C2H5ClN2/c1-4-5-2-3/h2H2,1H3. The predicted octanol–water partition coefficient (Wildman–Crippen LogP) is 1.26. The number of halogens is 1. The summed E-state index contributed by atoms with van der Waals surface area (Å²) in [5, 5.41) is 6.71. The maximum atomic E-state index is 5.04. The minimum absolute atomic E-state index is 0.274. The zero-order chi connectivity index (χ0) is 4.12. The molecular formula is C2H5ClN2. The Hall–Kier alpha value is -0.110. The summed E-state index contributed by atoms with van der Waals surface area (Å²) in [6.07, 6.45) is 0. The predicted molar refractivity (Wildman–Crippen MR) is 21.5 cm³/mol. The molecule has 0 bridgehead atoms. The lowest BCUT2D eigenvalue weighted by atomic mass is 11.4. The molecule has 3 heteroatoms. The smallest absolute Gasteiger partial charge is 0.134 e. The van der Waals surface area contributed by atoms with Crippen LogP contribution in [0.1, 0.15) is 0 Å². The van der Waals surface area contributed by atoms with Gasteiger partial charge in [0.05, 0.1) is 0 Å². The third kappa shape index (κ3) is 3.89. The SMILES string of the molecule is CN=NCCl. The minimum Gasteiger partial charge on any atom is -0.196 e. The normalized spacial score (nSPS) is 10.0. The van der Waals surface area contributed by atoms with Crippen LogP contribution in [-0.4, -0.2) is 13.1 Å². The largest absolute Gasteiger partial charge is 0.196 e. The fraction of sp³-hybridized carbons (Fsp3) is 1.00. The molecule has 0 N–H and O–H groups in total. The number of azo groups is 1. The molecule has 0 atom stereocenters. The number of hydrogen-bond donors (Lipinski definition) is 0. The highest BCUT2D eigenvalue weighted by Crippen LogP contribution is 1.72. The second-order valence-corrected chi connectivity index (χ2v) is 0.700. The summed E-state index contributed by atoms with van der Waals surface area (Å²) >= 11 is 5.04. The van der Waals surface area contributed by atoms with Crippen molar-refractivity contribution in [1.29, 1.82) is 0 Å². The topological polar surface area (TPSA) is 24.7 Å². The van der Waals surface area contributed by atoms with Crippen LogP contribution in [0.3, 0.4) is 0 Å². The van der Waals surface area contributed by atoms with Crippen molar-refractivity contribution in [3.8, 4) is 0 Å². The van der Waals surface area contributed by atoms with E-state index in [4.69, 9.17) is 11.6 Å². The van der Waals surface area contributed by atoms with Gasteiger partial charge in [0.2, 0.25) is 0 Å². The second-order valence-electron chi connectivity index (χ2n) is 0.461. The molecule has 0 aliphatic rings. The molecule has 0 aromatic carbocycles. The van der Waals surface area contributed by atoms with Crippen molar-refractivity contribution in [2.24, 2.45) is 10.2 Å². The highest BCUT2D eigenvalue weighted by molar-refractivity contribution is 6.17. The van der Waals surface area contributed by atoms with Crippen LogP contribution in [0.15, 0.2) is 10.2 Å². The van der Waals surface area contributed by atoms with Gasteiger partial charge < -0.3 is 0 Å². The van der Waals surface area contributed by atoms with E-state index in [1.54, 1.807) is 7.05 Å². The van der Waals surface area contributed by atoms with Gasteiger partial charge in [-0.05, 0) is 0 Å². The lowest BCUT2D eigenvalue weighted by Crippen LogP contribution is -1.51. The Labute approximate surface area is 35.9 Å². The van der Waals surface area contributed by atoms with Crippen molar-refractivity contribution in [1.82, 2.24) is 0 Å². The van der Waals surface area contributed by atoms with E-state index in [-0.39, 0.29) is 6.00 Å². The van der Waals surface area contributed by atoms with Crippen molar-refractivity contribution < 1.29 is 0 Å². The van der Waals surface area contributed by atoms with Crippen molar-refractivity contribution in [2.45, 2.75) is 0 Å². The number of hydrogen-bond acceptors (Lipinski definition) is 2. The Morgan fingerprint density at radius 3 is 2.40 bits per heavy atom. The molecule has 0 aromatic heterocycles. The van der Waals surface area contributed by atoms with Gasteiger partial charge in [-0.3, -0.25) is 0 Å². The number of nitrogens with zero attached hydrogens (tertiary/aromatic N) is 2. The zero-order valence-electron chi connectivity index (χ0n) is 2.98. The fourth-order valence-corrected chi connectivity index (χ4v) is 0.160. The molecule has 0 rings (SSSR count). The lowest BCUT2D eigenvalue weighted by Gasteiger charge is -1.64. The quantitative estimate of drug-likeness (QED) is 0.264. The van der Waals surface area contributed by atoms with Gasteiger partial charge in [0, 0.05) is 7.05 Å². The van der Waals surface area contributed by atoms with Crippen molar-refractivity contribution >= 4 is 11.6 Å². The van der Waals surface area contributed by atoms with E-state index in [0.717, 1.165) is 0 Å². The first-order valence-electron chi connectivity index (χ1n) is 1.23. The van der Waals surface area contributed by atoms with Crippen molar-refractivity contribution in [3.05, 3.63) is 0 Å². The van der Waals surface area contributed by atoms with E-state index in [1.807, 2.05) is 0 Å². The van der Waals surface area contributed by atoms with Gasteiger partial charge >= 0.3 is 0 Å². The summed E-state index contributed by atoms with van der Waals surface area (Å²) in [5.41, 5.74) is 0. The Morgan fingerprint density at radius 1 is 1.80 bits per heavy atom. The fourth-order valence-electron chi connectivity index (χ4n) is 0.0535. The van der Waals surface area contributed by atoms with Crippen LogP contribution < -0.4 is 0 Å². The Morgan fingerprint density at radius 2 is 2.40 bits per heavy atom. The summed E-state index contributed by atoms with van der Waals surface area (Å²) in [6, 6.07) is 0.274. The van der Waals surface area contributed by atoms with Gasteiger partial charge in [-0.25, -0.2) is 0 Å². The van der Waals surface area contributed by atoms with Crippen LogP contribution in [0.2, 0.25) is 0 Å². The molecule has 0 aliphatic heterocycles. The van der Waals surface area contributed by atoms with E-state index in [1.165, 1.54) is 0 Å². The van der Waals surface area contributed by atoms with Crippen LogP contribution in [-0.2, 0) is 0 Å². The lowest BCUT2D eigenvalue weighted by molar-refractivity contribution is 1.08. The minimum atomic E-state index is 0.274. The molecule has 0 amide bonds. The summed E-state index contributed by atoms with van der Waals surface area (Å²) in [7, 11) is 1.59. The molecule has 0 fully saturated rings. The Balaban J connectivity index is 2.62. The summed E-state index contributed by atoms with van der Waals surface area (Å²) in [4.78, 5) is 0. The first-order chi connectivity index (χ1) is 2.41. The van der Waals surface area contributed by atoms with E-state index in [0.29, 0.717) is 0 Å². The van der Waals surface area contributed by atoms with E-state index in [9.17, 15) is 0 Å². The third-order valence-corrected chi connectivity index (χ3v) is 0.302. The molecule has 0 saturated heterocycles. The molecule has 0 saturated carbocycles. The third-order valence-electron chi connectivity index (χ3n) is 0.195. The van der Waals surface area contributed by atoms with Crippen molar-refractivity contribution in [3.63, 3.8) is 0 Å². The molecule has 2 nitrogen and oxygen atoms in total. The van der Waals surface area contributed by atoms with E-state index in [2.05, 4.69) is 10.2 Å². The maximum absolute atomic E-state index is 5.04. The first-order valence-corrected chi connectivity index (χ1v) is 1.77. The molecule has 0 heterocycles. The van der Waals surface area contributed by atoms with Gasteiger partial charge in [0.25, 0.3) is 0 Å². The van der Waals surface area contributed by atoms with Gasteiger partial charge in [0.15, 0.2) is 0 Å². The molecule has 0 spiro atoms. The van der Waals surface area contributed by atoms with Gasteiger partial charge in [-0.1, -0.05) is 11.6 Å². The average Bonchev–Trinajstić information content (AvgIpc) is 1.41. The molecule has 5 heavy (non-hydrogen) atoms. The van der Waals surface area contributed by atoms with Crippen LogP contribution in [0, 0.1) is 0 Å². The number of rotatable bonds is 1. The summed E-state index contributed by atoms with van der Waals surface area (Å²) < 4.78 is 0. The average molecular weight is 92.5 g/mol. The van der Waals surface area contributed by atoms with Crippen LogP contribution in [0.5, 0.6) is 0 Å². The number of alkyl halides is 1. The summed E-state index contributed by atoms with van der Waals surface area (Å²) in [6.45, 7) is 0. The van der Waals surface area contributed by atoms with Crippen molar-refractivity contribution in [2.75, 3.05) is 13.1 Å². The first kappa shape index (κ1) is 4.89.